The van der Waals surface area contributed by atoms with Gasteiger partial charge in [0.1, 0.15) is 6.04 Å². The van der Waals surface area contributed by atoms with Crippen molar-refractivity contribution in [1.82, 2.24) is 15.1 Å². The number of amides is 4. The Bertz CT molecular complexity index is 410. The normalized spacial score (nSPS) is 24.5. The lowest BCUT2D eigenvalue weighted by Gasteiger charge is -2.18. The Labute approximate surface area is 119 Å². The number of rotatable bonds is 6. The third-order valence-electron chi connectivity index (χ3n) is 4.25. The first-order chi connectivity index (χ1) is 9.54. The van der Waals surface area contributed by atoms with Crippen molar-refractivity contribution in [3.05, 3.63) is 0 Å². The minimum atomic E-state index is -0.388. The van der Waals surface area contributed by atoms with E-state index in [1.54, 1.807) is 0 Å². The average Bonchev–Trinajstić information content (AvgIpc) is 2.95. The second-order valence-corrected chi connectivity index (χ2v) is 5.64. The van der Waals surface area contributed by atoms with Gasteiger partial charge in [-0.25, -0.2) is 4.79 Å². The summed E-state index contributed by atoms with van der Waals surface area (Å²) < 4.78 is 0. The number of nitrogens with zero attached hydrogens (tertiary/aromatic N) is 2. The van der Waals surface area contributed by atoms with Gasteiger partial charge in [0.15, 0.2) is 0 Å². The average molecular weight is 281 g/mol. The maximum atomic E-state index is 12.2. The summed E-state index contributed by atoms with van der Waals surface area (Å²) in [5, 5.41) is 2.75. The van der Waals surface area contributed by atoms with Crippen LogP contribution >= 0.6 is 0 Å². The van der Waals surface area contributed by atoms with Crippen molar-refractivity contribution in [2.45, 2.75) is 45.6 Å². The Morgan fingerprint density at radius 2 is 2.05 bits per heavy atom. The van der Waals surface area contributed by atoms with Gasteiger partial charge in [0.05, 0.1) is 0 Å². The topological polar surface area (TPSA) is 69.7 Å². The van der Waals surface area contributed by atoms with Gasteiger partial charge >= 0.3 is 6.03 Å². The number of nitrogens with one attached hydrogen (secondary N) is 1. The number of carbonyl (C=O) groups is 3. The molecule has 6 heteroatoms. The van der Waals surface area contributed by atoms with Crippen LogP contribution < -0.4 is 5.32 Å². The van der Waals surface area contributed by atoms with Crippen molar-refractivity contribution in [2.75, 3.05) is 19.6 Å². The third kappa shape index (κ3) is 2.94. The zero-order valence-electron chi connectivity index (χ0n) is 12.2. The van der Waals surface area contributed by atoms with E-state index in [0.29, 0.717) is 25.9 Å². The number of likely N-dealkylation sites (tertiary alicyclic amines) is 1. The molecule has 112 valence electrons. The third-order valence-corrected chi connectivity index (χ3v) is 4.25. The summed E-state index contributed by atoms with van der Waals surface area (Å²) in [6.45, 7) is 5.79. The van der Waals surface area contributed by atoms with E-state index in [4.69, 9.17) is 0 Å². The van der Waals surface area contributed by atoms with Crippen molar-refractivity contribution >= 4 is 17.8 Å². The molecule has 2 aliphatic rings. The van der Waals surface area contributed by atoms with Gasteiger partial charge < -0.3 is 10.2 Å². The predicted molar refractivity (Wildman–Crippen MR) is 73.9 cm³/mol. The first kappa shape index (κ1) is 14.8. The van der Waals surface area contributed by atoms with Crippen LogP contribution in [-0.2, 0) is 9.59 Å². The second kappa shape index (κ2) is 6.24. The summed E-state index contributed by atoms with van der Waals surface area (Å²) in [6.07, 6.45) is 3.04. The molecule has 0 spiro atoms. The van der Waals surface area contributed by atoms with E-state index in [1.807, 2.05) is 18.7 Å². The van der Waals surface area contributed by atoms with Crippen molar-refractivity contribution in [3.63, 3.8) is 0 Å². The van der Waals surface area contributed by atoms with E-state index in [2.05, 4.69) is 5.32 Å². The summed E-state index contributed by atoms with van der Waals surface area (Å²) in [7, 11) is 0. The van der Waals surface area contributed by atoms with Crippen molar-refractivity contribution in [3.8, 4) is 0 Å². The van der Waals surface area contributed by atoms with Crippen LogP contribution in [-0.4, -0.2) is 53.3 Å². The van der Waals surface area contributed by atoms with Gasteiger partial charge in [0, 0.05) is 26.1 Å². The molecule has 2 aliphatic heterocycles. The molecule has 0 aromatic rings. The predicted octanol–water partition coefficient (Wildman–Crippen LogP) is 0.965. The molecule has 2 atom stereocenters. The van der Waals surface area contributed by atoms with E-state index in [-0.39, 0.29) is 29.8 Å². The van der Waals surface area contributed by atoms with Gasteiger partial charge in [-0.1, -0.05) is 20.3 Å². The fourth-order valence-electron chi connectivity index (χ4n) is 2.73. The van der Waals surface area contributed by atoms with Gasteiger partial charge in [0.25, 0.3) is 5.91 Å². The molecule has 6 nitrogen and oxygen atoms in total. The molecular formula is C14H23N3O3. The molecule has 0 bridgehead atoms. The SMILES string of the molecule is CC[C@@H](C)[C@@H]1NC(=O)N(CCCN2CCCC2=O)C1=O. The Kier molecular flexibility index (Phi) is 4.62. The Hall–Kier alpha value is -1.59. The Balaban J connectivity index is 1.82. The Morgan fingerprint density at radius 3 is 2.65 bits per heavy atom. The largest absolute Gasteiger partial charge is 0.343 e. The summed E-state index contributed by atoms with van der Waals surface area (Å²) in [4.78, 5) is 38.6. The van der Waals surface area contributed by atoms with E-state index in [1.165, 1.54) is 4.90 Å². The number of hydrogen-bond acceptors (Lipinski definition) is 3. The van der Waals surface area contributed by atoms with Gasteiger partial charge in [-0.3, -0.25) is 14.5 Å². The van der Waals surface area contributed by atoms with Crippen LogP contribution in [0, 0.1) is 5.92 Å². The van der Waals surface area contributed by atoms with Crippen molar-refractivity contribution < 1.29 is 14.4 Å². The van der Waals surface area contributed by atoms with Crippen LogP contribution in [0.5, 0.6) is 0 Å². The van der Waals surface area contributed by atoms with E-state index in [9.17, 15) is 14.4 Å². The maximum absolute atomic E-state index is 12.2. The molecule has 2 fully saturated rings. The van der Waals surface area contributed by atoms with Gasteiger partial charge in [0.2, 0.25) is 5.91 Å². The van der Waals surface area contributed by atoms with Gasteiger partial charge in [-0.2, -0.15) is 0 Å². The molecular weight excluding hydrogens is 258 g/mol. The molecule has 0 aromatic carbocycles. The molecule has 0 unspecified atom stereocenters. The zero-order chi connectivity index (χ0) is 14.7. The van der Waals surface area contributed by atoms with Crippen LogP contribution in [0.15, 0.2) is 0 Å². The van der Waals surface area contributed by atoms with E-state index >= 15 is 0 Å². The van der Waals surface area contributed by atoms with Crippen molar-refractivity contribution in [2.24, 2.45) is 5.92 Å². The number of imide groups is 1. The molecule has 0 aromatic heterocycles. The van der Waals surface area contributed by atoms with Crippen LogP contribution in [0.25, 0.3) is 0 Å². The van der Waals surface area contributed by atoms with Gasteiger partial charge in [-0.15, -0.1) is 0 Å². The molecule has 4 amide bonds. The number of hydrogen-bond donors (Lipinski definition) is 1. The highest BCUT2D eigenvalue weighted by Gasteiger charge is 2.39. The minimum Gasteiger partial charge on any atom is -0.343 e. The lowest BCUT2D eigenvalue weighted by molar-refractivity contribution is -0.128. The quantitative estimate of drug-likeness (QED) is 0.737. The highest BCUT2D eigenvalue weighted by atomic mass is 16.2. The first-order valence-corrected chi connectivity index (χ1v) is 7.44. The summed E-state index contributed by atoms with van der Waals surface area (Å²) in [5.41, 5.74) is 0. The maximum Gasteiger partial charge on any atom is 0.324 e. The summed E-state index contributed by atoms with van der Waals surface area (Å²) >= 11 is 0. The number of urea groups is 1. The molecule has 2 saturated heterocycles. The van der Waals surface area contributed by atoms with E-state index < -0.39 is 0 Å². The lowest BCUT2D eigenvalue weighted by Crippen LogP contribution is -2.36. The molecule has 0 saturated carbocycles. The smallest absolute Gasteiger partial charge is 0.324 e. The highest BCUT2D eigenvalue weighted by Crippen LogP contribution is 2.17. The summed E-state index contributed by atoms with van der Waals surface area (Å²) in [6, 6.07) is -0.686. The zero-order valence-corrected chi connectivity index (χ0v) is 12.2. The minimum absolute atomic E-state index is 0.128. The molecule has 1 N–H and O–H groups in total. The monoisotopic (exact) mass is 281 g/mol. The highest BCUT2D eigenvalue weighted by molar-refractivity contribution is 6.04. The fourth-order valence-corrected chi connectivity index (χ4v) is 2.73. The van der Waals surface area contributed by atoms with Crippen molar-refractivity contribution in [1.29, 1.82) is 0 Å². The molecule has 2 heterocycles. The molecule has 0 aliphatic carbocycles. The molecule has 20 heavy (non-hydrogen) atoms. The first-order valence-electron chi connectivity index (χ1n) is 7.44. The molecule has 2 rings (SSSR count). The summed E-state index contributed by atoms with van der Waals surface area (Å²) in [5.74, 6) is 0.202. The van der Waals surface area contributed by atoms with Crippen LogP contribution in [0.4, 0.5) is 4.79 Å². The van der Waals surface area contributed by atoms with Crippen LogP contribution in [0.1, 0.15) is 39.5 Å². The lowest BCUT2D eigenvalue weighted by atomic mass is 9.99. The van der Waals surface area contributed by atoms with Crippen LogP contribution in [0.3, 0.4) is 0 Å². The fraction of sp³-hybridized carbons (Fsp3) is 0.786. The van der Waals surface area contributed by atoms with E-state index in [0.717, 1.165) is 19.4 Å². The second-order valence-electron chi connectivity index (χ2n) is 5.64. The Morgan fingerprint density at radius 1 is 1.30 bits per heavy atom. The standard InChI is InChI=1S/C14H23N3O3/c1-3-10(2)12-13(19)17(14(20)15-12)9-5-8-16-7-4-6-11(16)18/h10,12H,3-9H2,1-2H3,(H,15,20)/t10-,12+/m1/s1. The number of carbonyl (C=O) groups excluding carboxylic acids is 3. The van der Waals surface area contributed by atoms with Crippen LogP contribution in [0.2, 0.25) is 0 Å². The molecule has 0 radical (unpaired) electrons. The van der Waals surface area contributed by atoms with Gasteiger partial charge in [-0.05, 0) is 18.8 Å².